The molecule has 0 unspecified atom stereocenters. The Morgan fingerprint density at radius 3 is 2.50 bits per heavy atom. The van der Waals surface area contributed by atoms with E-state index in [1.54, 1.807) is 33.5 Å². The molecule has 1 amide bonds. The third-order valence-electron chi connectivity index (χ3n) is 5.72. The second-order valence-electron chi connectivity index (χ2n) is 7.61. The van der Waals surface area contributed by atoms with Crippen molar-refractivity contribution in [1.29, 1.82) is 0 Å². The van der Waals surface area contributed by atoms with Crippen LogP contribution in [0.5, 0.6) is 17.2 Å². The van der Waals surface area contributed by atoms with Gasteiger partial charge >= 0.3 is 0 Å². The second-order valence-corrected chi connectivity index (χ2v) is 7.61. The Hall–Kier alpha value is -3.17. The number of aromatic nitrogens is 1. The average Bonchev–Trinajstić information content (AvgIpc) is 3.45. The molecule has 1 aromatic carbocycles. The standard InChI is InChI=1S/C23H29N3O6/c1-14-5-6-18(32-14)17(26-7-9-31-10-8-26)13-24-23(27)16-11-15-19(28-2)12-20(29-3)22(30-4)21(15)25-16/h5-6,11-12,17,25H,7-10,13H2,1-4H3,(H,24,27)/t17-/m1/s1. The number of aryl methyl sites for hydroxylation is 1. The van der Waals surface area contributed by atoms with Crippen LogP contribution < -0.4 is 19.5 Å². The fourth-order valence-electron chi connectivity index (χ4n) is 4.07. The van der Waals surface area contributed by atoms with Crippen LogP contribution in [0.2, 0.25) is 0 Å². The molecule has 0 aliphatic carbocycles. The monoisotopic (exact) mass is 443 g/mol. The van der Waals surface area contributed by atoms with Crippen molar-refractivity contribution in [2.75, 3.05) is 54.2 Å². The summed E-state index contributed by atoms with van der Waals surface area (Å²) in [6.45, 7) is 5.19. The van der Waals surface area contributed by atoms with Crippen molar-refractivity contribution in [1.82, 2.24) is 15.2 Å². The predicted molar refractivity (Wildman–Crippen MR) is 119 cm³/mol. The number of furan rings is 1. The highest BCUT2D eigenvalue weighted by molar-refractivity contribution is 6.02. The van der Waals surface area contributed by atoms with Crippen LogP contribution in [0.1, 0.15) is 28.1 Å². The van der Waals surface area contributed by atoms with Gasteiger partial charge in [-0.05, 0) is 25.1 Å². The number of hydrogen-bond acceptors (Lipinski definition) is 7. The Kier molecular flexibility index (Phi) is 6.57. The quantitative estimate of drug-likeness (QED) is 0.552. The van der Waals surface area contributed by atoms with Gasteiger partial charge in [-0.25, -0.2) is 0 Å². The SMILES string of the molecule is COc1cc(OC)c2cc(C(=O)NC[C@H](c3ccc(C)o3)N3CCOCC3)[nH]c2c1OC. The molecule has 3 heterocycles. The van der Waals surface area contributed by atoms with Crippen LogP contribution in [-0.4, -0.2) is 70.0 Å². The van der Waals surface area contributed by atoms with E-state index in [1.807, 2.05) is 19.1 Å². The molecule has 0 bridgehead atoms. The van der Waals surface area contributed by atoms with Crippen LogP contribution in [-0.2, 0) is 4.74 Å². The molecule has 0 radical (unpaired) electrons. The molecule has 3 aromatic rings. The Labute approximate surface area is 186 Å². The Balaban J connectivity index is 1.58. The highest BCUT2D eigenvalue weighted by Gasteiger charge is 2.26. The van der Waals surface area contributed by atoms with Crippen LogP contribution in [0.3, 0.4) is 0 Å². The van der Waals surface area contributed by atoms with Crippen molar-refractivity contribution in [2.24, 2.45) is 0 Å². The van der Waals surface area contributed by atoms with Gasteiger partial charge in [0.2, 0.25) is 0 Å². The smallest absolute Gasteiger partial charge is 0.267 e. The zero-order valence-electron chi connectivity index (χ0n) is 18.8. The summed E-state index contributed by atoms with van der Waals surface area (Å²) in [7, 11) is 4.69. The number of nitrogens with zero attached hydrogens (tertiary/aromatic N) is 1. The maximum Gasteiger partial charge on any atom is 0.267 e. The molecule has 0 saturated carbocycles. The molecule has 1 aliphatic heterocycles. The third kappa shape index (κ3) is 4.26. The van der Waals surface area contributed by atoms with E-state index in [0.717, 1.165) is 30.0 Å². The van der Waals surface area contributed by atoms with E-state index in [0.29, 0.717) is 48.2 Å². The van der Waals surface area contributed by atoms with E-state index in [2.05, 4.69) is 15.2 Å². The molecule has 4 rings (SSSR count). The molecule has 9 heteroatoms. The summed E-state index contributed by atoms with van der Waals surface area (Å²) in [6.07, 6.45) is 0. The lowest BCUT2D eigenvalue weighted by Gasteiger charge is -2.33. The molecule has 0 spiro atoms. The van der Waals surface area contributed by atoms with Gasteiger partial charge in [-0.2, -0.15) is 0 Å². The van der Waals surface area contributed by atoms with Crippen molar-refractivity contribution >= 4 is 16.8 Å². The zero-order chi connectivity index (χ0) is 22.7. The number of ether oxygens (including phenoxy) is 4. The molecule has 1 atom stereocenters. The van der Waals surface area contributed by atoms with Gasteiger partial charge in [-0.1, -0.05) is 0 Å². The summed E-state index contributed by atoms with van der Waals surface area (Å²) >= 11 is 0. The van der Waals surface area contributed by atoms with Crippen molar-refractivity contribution < 1.29 is 28.2 Å². The fraction of sp³-hybridized carbons (Fsp3) is 0.435. The number of benzene rings is 1. The minimum atomic E-state index is -0.231. The summed E-state index contributed by atoms with van der Waals surface area (Å²) in [5, 5.41) is 3.78. The molecule has 32 heavy (non-hydrogen) atoms. The first kappa shape index (κ1) is 22.0. The van der Waals surface area contributed by atoms with Crippen LogP contribution >= 0.6 is 0 Å². The van der Waals surface area contributed by atoms with E-state index in [1.165, 1.54) is 0 Å². The van der Waals surface area contributed by atoms with E-state index in [4.69, 9.17) is 23.4 Å². The van der Waals surface area contributed by atoms with Crippen LogP contribution in [0.4, 0.5) is 0 Å². The first-order valence-electron chi connectivity index (χ1n) is 10.5. The average molecular weight is 444 g/mol. The number of methoxy groups -OCH3 is 3. The van der Waals surface area contributed by atoms with Crippen LogP contribution in [0.15, 0.2) is 28.7 Å². The number of H-pyrrole nitrogens is 1. The van der Waals surface area contributed by atoms with Crippen LogP contribution in [0.25, 0.3) is 10.9 Å². The number of carbonyl (C=O) groups excluding carboxylic acids is 1. The molecular formula is C23H29N3O6. The lowest BCUT2D eigenvalue weighted by molar-refractivity contribution is 0.0117. The van der Waals surface area contributed by atoms with E-state index < -0.39 is 0 Å². The molecule has 172 valence electrons. The third-order valence-corrected chi connectivity index (χ3v) is 5.72. The number of carbonyl (C=O) groups is 1. The van der Waals surface area contributed by atoms with Gasteiger partial charge < -0.3 is 33.7 Å². The molecule has 2 N–H and O–H groups in total. The highest BCUT2D eigenvalue weighted by Crippen LogP contribution is 2.41. The molecular weight excluding hydrogens is 414 g/mol. The number of hydrogen-bond donors (Lipinski definition) is 2. The molecule has 1 saturated heterocycles. The maximum atomic E-state index is 13.1. The number of nitrogens with one attached hydrogen (secondary N) is 2. The number of rotatable bonds is 8. The largest absolute Gasteiger partial charge is 0.496 e. The normalized spacial score (nSPS) is 15.5. The summed E-state index contributed by atoms with van der Waals surface area (Å²) in [5.74, 6) is 3.06. The first-order chi connectivity index (χ1) is 15.5. The summed E-state index contributed by atoms with van der Waals surface area (Å²) in [5.41, 5.74) is 1.04. The predicted octanol–water partition coefficient (Wildman–Crippen LogP) is 2.90. The summed E-state index contributed by atoms with van der Waals surface area (Å²) in [4.78, 5) is 18.5. The van der Waals surface area contributed by atoms with E-state index >= 15 is 0 Å². The van der Waals surface area contributed by atoms with Gasteiger partial charge in [0.05, 0.1) is 46.1 Å². The van der Waals surface area contributed by atoms with Gasteiger partial charge in [0, 0.05) is 31.1 Å². The number of aromatic amines is 1. The maximum absolute atomic E-state index is 13.1. The van der Waals surface area contributed by atoms with Gasteiger partial charge in [0.15, 0.2) is 11.5 Å². The van der Waals surface area contributed by atoms with Gasteiger partial charge in [0.1, 0.15) is 23.0 Å². The zero-order valence-corrected chi connectivity index (χ0v) is 18.8. The van der Waals surface area contributed by atoms with Gasteiger partial charge in [-0.15, -0.1) is 0 Å². The highest BCUT2D eigenvalue weighted by atomic mass is 16.5. The molecule has 2 aromatic heterocycles. The molecule has 1 fully saturated rings. The van der Waals surface area contributed by atoms with Gasteiger partial charge in [0.25, 0.3) is 5.91 Å². The number of amides is 1. The van der Waals surface area contributed by atoms with Crippen molar-refractivity contribution in [2.45, 2.75) is 13.0 Å². The minimum absolute atomic E-state index is 0.0786. The fourth-order valence-corrected chi connectivity index (χ4v) is 4.07. The Bertz CT molecular complexity index is 1080. The topological polar surface area (TPSA) is 98.2 Å². The van der Waals surface area contributed by atoms with Crippen LogP contribution in [0, 0.1) is 6.92 Å². The van der Waals surface area contributed by atoms with Crippen molar-refractivity contribution in [3.05, 3.63) is 41.5 Å². The Morgan fingerprint density at radius 2 is 1.88 bits per heavy atom. The van der Waals surface area contributed by atoms with Crippen molar-refractivity contribution in [3.8, 4) is 17.2 Å². The number of morpholine rings is 1. The van der Waals surface area contributed by atoms with Crippen molar-refractivity contribution in [3.63, 3.8) is 0 Å². The van der Waals surface area contributed by atoms with Gasteiger partial charge in [-0.3, -0.25) is 9.69 Å². The number of fused-ring (bicyclic) bond motifs is 1. The second kappa shape index (κ2) is 9.54. The lowest BCUT2D eigenvalue weighted by atomic mass is 10.1. The first-order valence-corrected chi connectivity index (χ1v) is 10.5. The minimum Gasteiger partial charge on any atom is -0.496 e. The molecule has 9 nitrogen and oxygen atoms in total. The molecule has 1 aliphatic rings. The van der Waals surface area contributed by atoms with E-state index in [9.17, 15) is 4.79 Å². The lowest BCUT2D eigenvalue weighted by Crippen LogP contribution is -2.43. The van der Waals surface area contributed by atoms with E-state index in [-0.39, 0.29) is 11.9 Å². The summed E-state index contributed by atoms with van der Waals surface area (Å²) in [6, 6.07) is 7.32. The Morgan fingerprint density at radius 1 is 1.12 bits per heavy atom. The summed E-state index contributed by atoms with van der Waals surface area (Å²) < 4.78 is 27.8.